The first-order valence-electron chi connectivity index (χ1n) is 6.94. The third-order valence-electron chi connectivity index (χ3n) is 4.53. The van der Waals surface area contributed by atoms with Crippen LogP contribution < -0.4 is 0 Å². The van der Waals surface area contributed by atoms with Crippen molar-refractivity contribution >= 4 is 0 Å². The molecule has 2 aliphatic rings. The van der Waals surface area contributed by atoms with Crippen LogP contribution in [0.1, 0.15) is 69.4 Å². The van der Waals surface area contributed by atoms with E-state index in [9.17, 15) is 5.11 Å². The lowest BCUT2D eigenvalue weighted by atomic mass is 9.75. The van der Waals surface area contributed by atoms with Crippen LogP contribution in [0.15, 0.2) is 12.3 Å². The third kappa shape index (κ3) is 1.93. The van der Waals surface area contributed by atoms with Crippen molar-refractivity contribution in [3.63, 3.8) is 0 Å². The fourth-order valence-corrected chi connectivity index (χ4v) is 3.68. The van der Waals surface area contributed by atoms with Crippen LogP contribution in [0.25, 0.3) is 0 Å². The molecule has 2 nitrogen and oxygen atoms in total. The lowest BCUT2D eigenvalue weighted by Crippen LogP contribution is -2.27. The van der Waals surface area contributed by atoms with Gasteiger partial charge in [-0.05, 0) is 37.2 Å². The summed E-state index contributed by atoms with van der Waals surface area (Å²) in [6.07, 6.45) is 9.34. The van der Waals surface area contributed by atoms with Gasteiger partial charge in [0, 0.05) is 23.5 Å². The zero-order valence-electron chi connectivity index (χ0n) is 10.9. The maximum Gasteiger partial charge on any atom is 0.0812 e. The highest BCUT2D eigenvalue weighted by molar-refractivity contribution is 5.29. The first kappa shape index (κ1) is 11.3. The number of hydrogen-bond acceptors (Lipinski definition) is 1. The summed E-state index contributed by atoms with van der Waals surface area (Å²) in [5.41, 5.74) is 2.83. The molecule has 1 heterocycles. The molecule has 94 valence electrons. The van der Waals surface area contributed by atoms with Crippen LogP contribution in [0.5, 0.6) is 0 Å². The Bertz CT molecular complexity index is 413. The summed E-state index contributed by atoms with van der Waals surface area (Å²) in [7, 11) is 0. The number of nitrogens with zero attached hydrogens (tertiary/aromatic N) is 1. The molecule has 2 aliphatic carbocycles. The SMILES string of the molecule is CC1(C)Cc2c(ccn2C2CCCC2)C(O)C1. The molecule has 0 bridgehead atoms. The molecule has 1 aromatic heterocycles. The fraction of sp³-hybridized carbons (Fsp3) is 0.733. The lowest BCUT2D eigenvalue weighted by Gasteiger charge is -2.34. The number of aliphatic hydroxyl groups is 1. The molecular weight excluding hydrogens is 210 g/mol. The van der Waals surface area contributed by atoms with E-state index < -0.39 is 0 Å². The molecule has 1 fully saturated rings. The summed E-state index contributed by atoms with van der Waals surface area (Å²) in [5, 5.41) is 10.2. The Morgan fingerprint density at radius 1 is 1.29 bits per heavy atom. The van der Waals surface area contributed by atoms with Crippen LogP contribution in [-0.4, -0.2) is 9.67 Å². The number of aliphatic hydroxyl groups excluding tert-OH is 1. The fourth-order valence-electron chi connectivity index (χ4n) is 3.68. The van der Waals surface area contributed by atoms with Gasteiger partial charge in [0.05, 0.1) is 6.10 Å². The highest BCUT2D eigenvalue weighted by atomic mass is 16.3. The Balaban J connectivity index is 1.98. The molecule has 17 heavy (non-hydrogen) atoms. The quantitative estimate of drug-likeness (QED) is 0.787. The molecule has 0 saturated heterocycles. The minimum absolute atomic E-state index is 0.237. The van der Waals surface area contributed by atoms with Gasteiger partial charge in [-0.2, -0.15) is 0 Å². The Labute approximate surface area is 104 Å². The average Bonchev–Trinajstić information content (AvgIpc) is 2.82. The Kier molecular flexibility index (Phi) is 2.58. The molecule has 1 N–H and O–H groups in total. The van der Waals surface area contributed by atoms with Crippen molar-refractivity contribution in [2.75, 3.05) is 0 Å². The van der Waals surface area contributed by atoms with E-state index in [1.807, 2.05) is 0 Å². The van der Waals surface area contributed by atoms with Crippen LogP contribution in [0.2, 0.25) is 0 Å². The minimum Gasteiger partial charge on any atom is -0.388 e. The number of rotatable bonds is 1. The summed E-state index contributed by atoms with van der Waals surface area (Å²) in [4.78, 5) is 0. The first-order chi connectivity index (χ1) is 8.07. The molecule has 1 unspecified atom stereocenters. The van der Waals surface area contributed by atoms with Gasteiger partial charge in [-0.1, -0.05) is 26.7 Å². The van der Waals surface area contributed by atoms with Crippen LogP contribution in [-0.2, 0) is 6.42 Å². The van der Waals surface area contributed by atoms with E-state index in [2.05, 4.69) is 30.7 Å². The topological polar surface area (TPSA) is 25.2 Å². The Morgan fingerprint density at radius 3 is 2.71 bits per heavy atom. The van der Waals surface area contributed by atoms with E-state index >= 15 is 0 Å². The molecule has 3 rings (SSSR count). The van der Waals surface area contributed by atoms with Crippen LogP contribution in [0.4, 0.5) is 0 Å². The van der Waals surface area contributed by atoms with Crippen molar-refractivity contribution in [3.05, 3.63) is 23.5 Å². The van der Waals surface area contributed by atoms with Crippen molar-refractivity contribution in [2.24, 2.45) is 5.41 Å². The standard InChI is InChI=1S/C15H23NO/c1-15(2)9-13-12(14(17)10-15)7-8-16(13)11-5-3-4-6-11/h7-8,11,14,17H,3-6,9-10H2,1-2H3. The zero-order valence-corrected chi connectivity index (χ0v) is 10.9. The molecule has 1 saturated carbocycles. The summed E-state index contributed by atoms with van der Waals surface area (Å²) in [5.74, 6) is 0. The van der Waals surface area contributed by atoms with Crippen molar-refractivity contribution in [3.8, 4) is 0 Å². The molecule has 0 spiro atoms. The summed E-state index contributed by atoms with van der Waals surface area (Å²) >= 11 is 0. The number of aromatic nitrogens is 1. The van der Waals surface area contributed by atoms with Crippen molar-refractivity contribution in [1.82, 2.24) is 4.57 Å². The second-order valence-electron chi connectivity index (χ2n) is 6.62. The van der Waals surface area contributed by atoms with Crippen molar-refractivity contribution in [2.45, 2.75) is 64.5 Å². The van der Waals surface area contributed by atoms with E-state index in [-0.39, 0.29) is 11.5 Å². The monoisotopic (exact) mass is 233 g/mol. The molecule has 0 amide bonds. The highest BCUT2D eigenvalue weighted by Gasteiger charge is 2.34. The normalized spacial score (nSPS) is 28.3. The molecule has 0 radical (unpaired) electrons. The van der Waals surface area contributed by atoms with Gasteiger partial charge in [0.2, 0.25) is 0 Å². The van der Waals surface area contributed by atoms with Gasteiger partial charge < -0.3 is 9.67 Å². The van der Waals surface area contributed by atoms with E-state index in [0.717, 1.165) is 12.8 Å². The molecule has 1 atom stereocenters. The zero-order chi connectivity index (χ0) is 12.0. The van der Waals surface area contributed by atoms with Gasteiger partial charge in [-0.15, -0.1) is 0 Å². The van der Waals surface area contributed by atoms with E-state index in [1.54, 1.807) is 0 Å². The minimum atomic E-state index is -0.253. The second kappa shape index (κ2) is 3.88. The summed E-state index contributed by atoms with van der Waals surface area (Å²) in [6.45, 7) is 4.54. The van der Waals surface area contributed by atoms with Crippen molar-refractivity contribution in [1.29, 1.82) is 0 Å². The predicted molar refractivity (Wildman–Crippen MR) is 69.0 cm³/mol. The largest absolute Gasteiger partial charge is 0.388 e. The molecule has 0 aromatic carbocycles. The number of fused-ring (bicyclic) bond motifs is 1. The molecular formula is C15H23NO. The van der Waals surface area contributed by atoms with E-state index in [1.165, 1.54) is 36.9 Å². The second-order valence-corrected chi connectivity index (χ2v) is 6.62. The van der Waals surface area contributed by atoms with Gasteiger partial charge >= 0.3 is 0 Å². The van der Waals surface area contributed by atoms with Gasteiger partial charge in [-0.3, -0.25) is 0 Å². The van der Waals surface area contributed by atoms with Crippen LogP contribution >= 0.6 is 0 Å². The molecule has 0 aliphatic heterocycles. The van der Waals surface area contributed by atoms with E-state index in [0.29, 0.717) is 6.04 Å². The maximum absolute atomic E-state index is 10.2. The third-order valence-corrected chi connectivity index (χ3v) is 4.53. The summed E-state index contributed by atoms with van der Waals surface area (Å²) in [6, 6.07) is 2.84. The first-order valence-corrected chi connectivity index (χ1v) is 6.94. The lowest BCUT2D eigenvalue weighted by molar-refractivity contribution is 0.0974. The van der Waals surface area contributed by atoms with Gasteiger partial charge in [0.25, 0.3) is 0 Å². The highest BCUT2D eigenvalue weighted by Crippen LogP contribution is 2.43. The van der Waals surface area contributed by atoms with Crippen molar-refractivity contribution < 1.29 is 5.11 Å². The van der Waals surface area contributed by atoms with E-state index in [4.69, 9.17) is 0 Å². The molecule has 2 heteroatoms. The van der Waals surface area contributed by atoms with Gasteiger partial charge in [0.15, 0.2) is 0 Å². The smallest absolute Gasteiger partial charge is 0.0812 e. The van der Waals surface area contributed by atoms with Crippen LogP contribution in [0, 0.1) is 5.41 Å². The van der Waals surface area contributed by atoms with Crippen LogP contribution in [0.3, 0.4) is 0 Å². The van der Waals surface area contributed by atoms with Gasteiger partial charge in [0.1, 0.15) is 0 Å². The molecule has 1 aromatic rings. The maximum atomic E-state index is 10.2. The predicted octanol–water partition coefficient (Wildman–Crippen LogP) is 3.61. The Hall–Kier alpha value is -0.760. The van der Waals surface area contributed by atoms with Gasteiger partial charge in [-0.25, -0.2) is 0 Å². The average molecular weight is 233 g/mol. The summed E-state index contributed by atoms with van der Waals surface area (Å²) < 4.78 is 2.46. The number of hydrogen-bond donors (Lipinski definition) is 1. The Morgan fingerprint density at radius 2 is 2.00 bits per heavy atom.